The van der Waals surface area contributed by atoms with Gasteiger partial charge < -0.3 is 36.3 Å². The first-order valence-corrected chi connectivity index (χ1v) is 13.5. The molecular formula is C24H27N7O10S. The number of hydroxylamine groups is 1. The van der Waals surface area contributed by atoms with Crippen LogP contribution in [0.1, 0.15) is 18.5 Å². The van der Waals surface area contributed by atoms with E-state index in [2.05, 4.69) is 15.4 Å². The van der Waals surface area contributed by atoms with Crippen LogP contribution in [0.5, 0.6) is 0 Å². The van der Waals surface area contributed by atoms with Crippen LogP contribution in [0.4, 0.5) is 9.59 Å². The summed E-state index contributed by atoms with van der Waals surface area (Å²) in [6, 6.07) is 5.22. The largest absolute Gasteiger partial charge is 0.477 e. The number of nitrogens with one attached hydrogen (secondary N) is 3. The number of amides is 7. The van der Waals surface area contributed by atoms with Crippen LogP contribution in [0.15, 0.2) is 41.6 Å². The zero-order valence-corrected chi connectivity index (χ0v) is 22.9. The summed E-state index contributed by atoms with van der Waals surface area (Å²) in [4.78, 5) is 90.6. The lowest BCUT2D eigenvalue weighted by molar-refractivity contribution is -0.171. The Kier molecular flexibility index (Phi) is 8.69. The highest BCUT2D eigenvalue weighted by molar-refractivity contribution is 8.00. The average molecular weight is 606 g/mol. The lowest BCUT2D eigenvalue weighted by Gasteiger charge is -2.56. The number of β-lactam (4-membered cyclic amide) rings is 1. The molecule has 18 heteroatoms. The van der Waals surface area contributed by atoms with Gasteiger partial charge in [-0.1, -0.05) is 30.3 Å². The number of carbonyl (C=O) groups excluding carboxylic acids is 6. The molecule has 2 fully saturated rings. The van der Waals surface area contributed by atoms with E-state index in [1.165, 1.54) is 17.0 Å². The molecule has 0 saturated carbocycles. The standard InChI is InChI=1S/C24H27N7O10S/c1-2-29-8-9-30(18(34)17(29)33)23(39)26-14(12-6-4-3-5-7-12)16(32)27-24(28-40)20(37)31-15(19(35)36)13(10-41-22(25)38)11-42-21(24)31/h3-7,14,21,28,40H,2,8-11H2,1H3,(H2,25,38)(H,26,39)(H,27,32)(H,35,36)/t14?,21-,24+/m1/s1. The molecule has 2 saturated heterocycles. The van der Waals surface area contributed by atoms with Gasteiger partial charge in [-0.3, -0.25) is 29.0 Å². The number of primary amides is 1. The summed E-state index contributed by atoms with van der Waals surface area (Å²) < 4.78 is 4.68. The maximum atomic E-state index is 13.6. The van der Waals surface area contributed by atoms with Gasteiger partial charge in [0.25, 0.3) is 5.91 Å². The number of nitrogens with two attached hydrogens (primary N) is 1. The molecule has 3 heterocycles. The van der Waals surface area contributed by atoms with Crippen LogP contribution in [-0.4, -0.2) is 110 Å². The van der Waals surface area contributed by atoms with Gasteiger partial charge in [-0.05, 0) is 12.5 Å². The number of imide groups is 1. The number of piperazine rings is 1. The Morgan fingerprint density at radius 1 is 1.14 bits per heavy atom. The number of thioether (sulfide) groups is 1. The molecule has 7 N–H and O–H groups in total. The van der Waals surface area contributed by atoms with Gasteiger partial charge in [0, 0.05) is 31.0 Å². The Morgan fingerprint density at radius 3 is 2.43 bits per heavy atom. The van der Waals surface area contributed by atoms with E-state index in [1.807, 2.05) is 0 Å². The van der Waals surface area contributed by atoms with Crippen molar-refractivity contribution in [2.75, 3.05) is 32.0 Å². The lowest BCUT2D eigenvalue weighted by atomic mass is 9.94. The summed E-state index contributed by atoms with van der Waals surface area (Å²) in [6.07, 6.45) is -1.15. The van der Waals surface area contributed by atoms with Gasteiger partial charge in [-0.15, -0.1) is 11.8 Å². The first-order chi connectivity index (χ1) is 20.0. The summed E-state index contributed by atoms with van der Waals surface area (Å²) in [5, 5.41) is 23.4. The fraction of sp³-hybridized carbons (Fsp3) is 0.375. The highest BCUT2D eigenvalue weighted by Crippen LogP contribution is 2.45. The fourth-order valence-corrected chi connectivity index (χ4v) is 6.11. The van der Waals surface area contributed by atoms with Gasteiger partial charge in [0.1, 0.15) is 23.7 Å². The molecule has 3 aliphatic rings. The van der Waals surface area contributed by atoms with Crippen LogP contribution in [0.25, 0.3) is 0 Å². The molecule has 1 aromatic carbocycles. The summed E-state index contributed by atoms with van der Waals surface area (Å²) in [7, 11) is 0. The van der Waals surface area contributed by atoms with E-state index >= 15 is 0 Å². The van der Waals surface area contributed by atoms with Crippen molar-refractivity contribution in [2.45, 2.75) is 24.0 Å². The Balaban J connectivity index is 1.58. The second-order valence-corrected chi connectivity index (χ2v) is 10.3. The van der Waals surface area contributed by atoms with E-state index in [-0.39, 0.29) is 36.5 Å². The SMILES string of the molecule is CCN1CCN(C(=O)NC(C(=O)N[C@]2(NO)C(=O)N3C(C(=O)O)=C(COC(N)=O)CS[C@@H]32)c2ccccc2)C(=O)C1=O. The summed E-state index contributed by atoms with van der Waals surface area (Å²) in [6.45, 7) is 1.44. The van der Waals surface area contributed by atoms with Crippen LogP contribution in [0, 0.1) is 0 Å². The highest BCUT2D eigenvalue weighted by atomic mass is 32.2. The number of urea groups is 1. The minimum absolute atomic E-state index is 0.0607. The van der Waals surface area contributed by atoms with Crippen LogP contribution in [-0.2, 0) is 28.7 Å². The normalized spacial score (nSPS) is 22.7. The molecule has 4 rings (SSSR count). The molecule has 0 spiro atoms. The number of rotatable bonds is 9. The van der Waals surface area contributed by atoms with Gasteiger partial charge in [-0.2, -0.15) is 5.48 Å². The van der Waals surface area contributed by atoms with Gasteiger partial charge >= 0.3 is 29.9 Å². The van der Waals surface area contributed by atoms with E-state index in [9.17, 15) is 43.9 Å². The van der Waals surface area contributed by atoms with E-state index in [4.69, 9.17) is 5.73 Å². The van der Waals surface area contributed by atoms with Gasteiger partial charge in [-0.25, -0.2) is 14.4 Å². The number of benzene rings is 1. The van der Waals surface area contributed by atoms with E-state index in [0.29, 0.717) is 4.90 Å². The Labute approximate surface area is 241 Å². The summed E-state index contributed by atoms with van der Waals surface area (Å²) in [5.41, 5.74) is 4.31. The molecular weight excluding hydrogens is 578 g/mol. The minimum atomic E-state index is -2.21. The molecule has 0 aliphatic carbocycles. The summed E-state index contributed by atoms with van der Waals surface area (Å²) >= 11 is 0.950. The Bertz CT molecular complexity index is 1370. The average Bonchev–Trinajstić information content (AvgIpc) is 2.98. The third-order valence-electron chi connectivity index (χ3n) is 6.84. The van der Waals surface area contributed by atoms with Crippen LogP contribution in [0.3, 0.4) is 0 Å². The number of aliphatic carboxylic acids is 1. The maximum absolute atomic E-state index is 13.6. The van der Waals surface area contributed by atoms with Crippen molar-refractivity contribution in [3.05, 3.63) is 47.2 Å². The van der Waals surface area contributed by atoms with E-state index in [1.54, 1.807) is 30.6 Å². The zero-order valence-electron chi connectivity index (χ0n) is 22.1. The molecule has 3 atom stereocenters. The van der Waals surface area contributed by atoms with E-state index < -0.39 is 71.1 Å². The molecule has 3 aliphatic heterocycles. The molecule has 42 heavy (non-hydrogen) atoms. The third kappa shape index (κ3) is 5.33. The molecule has 7 amide bonds. The molecule has 0 radical (unpaired) electrons. The molecule has 0 aromatic heterocycles. The minimum Gasteiger partial charge on any atom is -0.477 e. The van der Waals surface area contributed by atoms with Crippen LogP contribution < -0.4 is 21.8 Å². The van der Waals surface area contributed by atoms with Crippen molar-refractivity contribution < 1.29 is 48.6 Å². The second-order valence-electron chi connectivity index (χ2n) is 9.25. The maximum Gasteiger partial charge on any atom is 0.404 e. The summed E-state index contributed by atoms with van der Waals surface area (Å²) in [5.74, 6) is -5.60. The predicted molar refractivity (Wildman–Crippen MR) is 141 cm³/mol. The highest BCUT2D eigenvalue weighted by Gasteiger charge is 2.66. The number of nitrogens with zero attached hydrogens (tertiary/aromatic N) is 3. The quantitative estimate of drug-likeness (QED) is 0.0796. The lowest BCUT2D eigenvalue weighted by Crippen LogP contribution is -2.85. The van der Waals surface area contributed by atoms with Crippen molar-refractivity contribution in [3.63, 3.8) is 0 Å². The fourth-order valence-electron chi connectivity index (χ4n) is 4.72. The van der Waals surface area contributed by atoms with Crippen molar-refractivity contribution in [3.8, 4) is 0 Å². The number of hydrogen-bond donors (Lipinski definition) is 6. The third-order valence-corrected chi connectivity index (χ3v) is 8.23. The topological polar surface area (TPSA) is 241 Å². The van der Waals surface area contributed by atoms with Gasteiger partial charge in [0.05, 0.1) is 0 Å². The number of fused-ring (bicyclic) bond motifs is 1. The number of hydrogen-bond acceptors (Lipinski definition) is 11. The van der Waals surface area contributed by atoms with Crippen LogP contribution >= 0.6 is 11.8 Å². The second kappa shape index (κ2) is 12.0. The van der Waals surface area contributed by atoms with Gasteiger partial charge in [0.15, 0.2) is 0 Å². The zero-order chi connectivity index (χ0) is 30.8. The number of ether oxygens (including phenoxy) is 1. The molecule has 17 nitrogen and oxygen atoms in total. The van der Waals surface area contributed by atoms with Gasteiger partial charge in [0.2, 0.25) is 11.6 Å². The molecule has 1 aromatic rings. The first-order valence-electron chi connectivity index (χ1n) is 12.5. The van der Waals surface area contributed by atoms with Crippen molar-refractivity contribution in [2.24, 2.45) is 5.73 Å². The van der Waals surface area contributed by atoms with Crippen molar-refractivity contribution in [1.82, 2.24) is 30.8 Å². The van der Waals surface area contributed by atoms with Crippen LogP contribution in [0.2, 0.25) is 0 Å². The first kappa shape index (κ1) is 30.3. The number of carboxylic acid groups (broad SMARTS) is 1. The Morgan fingerprint density at radius 2 is 1.83 bits per heavy atom. The van der Waals surface area contributed by atoms with Crippen molar-refractivity contribution in [1.29, 1.82) is 0 Å². The van der Waals surface area contributed by atoms with E-state index in [0.717, 1.165) is 16.7 Å². The number of likely N-dealkylation sites (N-methyl/N-ethyl adjacent to an activating group) is 1. The smallest absolute Gasteiger partial charge is 0.404 e. The Hall–Kier alpha value is -4.68. The molecule has 224 valence electrons. The number of carbonyl (C=O) groups is 7. The number of carboxylic acids is 1. The van der Waals surface area contributed by atoms with Crippen molar-refractivity contribution >= 4 is 53.5 Å². The molecule has 0 bridgehead atoms. The predicted octanol–water partition coefficient (Wildman–Crippen LogP) is -1.73. The monoisotopic (exact) mass is 605 g/mol. The molecule has 1 unspecified atom stereocenters.